The normalized spacial score (nSPS) is 14.6. The van der Waals surface area contributed by atoms with Gasteiger partial charge in [0.05, 0.1) is 4.88 Å². The predicted octanol–water partition coefficient (Wildman–Crippen LogP) is 2.61. The lowest BCUT2D eigenvalue weighted by Crippen LogP contribution is -2.41. The molecular formula is C20H21N3O3S. The van der Waals surface area contributed by atoms with Gasteiger partial charge in [0.15, 0.2) is 0 Å². The quantitative estimate of drug-likeness (QED) is 0.800. The number of hydrazine groups is 1. The van der Waals surface area contributed by atoms with Crippen molar-refractivity contribution in [2.24, 2.45) is 0 Å². The van der Waals surface area contributed by atoms with Crippen molar-refractivity contribution in [3.05, 3.63) is 50.7 Å². The highest BCUT2D eigenvalue weighted by molar-refractivity contribution is 7.14. The number of nitrogens with zero attached hydrogens (tertiary/aromatic N) is 1. The smallest absolute Gasteiger partial charge is 0.279 e. The zero-order valence-electron chi connectivity index (χ0n) is 15.1. The van der Waals surface area contributed by atoms with Crippen LogP contribution in [0.25, 0.3) is 0 Å². The fourth-order valence-electron chi connectivity index (χ4n) is 3.68. The van der Waals surface area contributed by atoms with Crippen LogP contribution < -0.4 is 15.8 Å². The Balaban J connectivity index is 1.40. The molecular weight excluding hydrogens is 362 g/mol. The highest BCUT2D eigenvalue weighted by Gasteiger charge is 2.24. The van der Waals surface area contributed by atoms with Crippen molar-refractivity contribution >= 4 is 34.7 Å². The van der Waals surface area contributed by atoms with Crippen LogP contribution in [0.5, 0.6) is 0 Å². The van der Waals surface area contributed by atoms with E-state index in [4.69, 9.17) is 0 Å². The fourth-order valence-corrected chi connectivity index (χ4v) is 4.83. The van der Waals surface area contributed by atoms with Gasteiger partial charge in [-0.3, -0.25) is 25.2 Å². The van der Waals surface area contributed by atoms with Gasteiger partial charge in [0, 0.05) is 29.1 Å². The summed E-state index contributed by atoms with van der Waals surface area (Å²) >= 11 is 1.50. The number of thiophene rings is 1. The first-order chi connectivity index (χ1) is 13.1. The van der Waals surface area contributed by atoms with Gasteiger partial charge in [0.2, 0.25) is 5.91 Å². The van der Waals surface area contributed by atoms with Crippen molar-refractivity contribution in [3.8, 4) is 0 Å². The number of hydrogen-bond donors (Lipinski definition) is 2. The summed E-state index contributed by atoms with van der Waals surface area (Å²) in [5.41, 5.74) is 8.55. The van der Waals surface area contributed by atoms with Crippen LogP contribution in [-0.2, 0) is 24.1 Å². The van der Waals surface area contributed by atoms with Gasteiger partial charge < -0.3 is 4.90 Å². The lowest BCUT2D eigenvalue weighted by Gasteiger charge is -2.16. The Morgan fingerprint density at radius 2 is 1.85 bits per heavy atom. The van der Waals surface area contributed by atoms with E-state index in [-0.39, 0.29) is 17.7 Å². The van der Waals surface area contributed by atoms with Gasteiger partial charge in [0.25, 0.3) is 11.8 Å². The Morgan fingerprint density at radius 3 is 2.63 bits per heavy atom. The van der Waals surface area contributed by atoms with Crippen LogP contribution in [0.15, 0.2) is 24.3 Å². The van der Waals surface area contributed by atoms with Crippen molar-refractivity contribution in [1.29, 1.82) is 0 Å². The van der Waals surface area contributed by atoms with E-state index in [2.05, 4.69) is 10.9 Å². The standard InChI is InChI=1S/C20H21N3O3S/c1-2-18(24)23-9-8-12-10-14(6-7-15(12)23)19(25)21-22-20(26)17-11-13-4-3-5-16(13)27-17/h6-7,10-11H,2-5,8-9H2,1H3,(H,21,25)(H,22,26). The summed E-state index contributed by atoms with van der Waals surface area (Å²) in [4.78, 5) is 40.3. The molecule has 1 aromatic heterocycles. The molecule has 0 radical (unpaired) electrons. The Hall–Kier alpha value is -2.67. The maximum atomic E-state index is 12.4. The van der Waals surface area contributed by atoms with Crippen LogP contribution in [0.3, 0.4) is 0 Å². The first kappa shape index (κ1) is 17.7. The number of aryl methyl sites for hydroxylation is 2. The molecule has 140 valence electrons. The molecule has 0 atom stereocenters. The Kier molecular flexibility index (Phi) is 4.70. The van der Waals surface area contributed by atoms with E-state index in [1.165, 1.54) is 21.8 Å². The molecule has 1 aromatic carbocycles. The number of nitrogens with one attached hydrogen (secondary N) is 2. The molecule has 27 heavy (non-hydrogen) atoms. The summed E-state index contributed by atoms with van der Waals surface area (Å²) < 4.78 is 0. The van der Waals surface area contributed by atoms with E-state index in [9.17, 15) is 14.4 Å². The summed E-state index contributed by atoms with van der Waals surface area (Å²) in [5, 5.41) is 0. The van der Waals surface area contributed by atoms with Crippen molar-refractivity contribution in [3.63, 3.8) is 0 Å². The third-order valence-electron chi connectivity index (χ3n) is 5.10. The van der Waals surface area contributed by atoms with E-state index >= 15 is 0 Å². The molecule has 7 heteroatoms. The van der Waals surface area contributed by atoms with Crippen molar-refractivity contribution in [1.82, 2.24) is 10.9 Å². The van der Waals surface area contributed by atoms with E-state index in [0.717, 1.165) is 36.9 Å². The number of hydrogen-bond acceptors (Lipinski definition) is 4. The first-order valence-corrected chi connectivity index (χ1v) is 10.0. The molecule has 0 bridgehead atoms. The maximum Gasteiger partial charge on any atom is 0.279 e. The second-order valence-corrected chi connectivity index (χ2v) is 7.95. The molecule has 2 aromatic rings. The fraction of sp³-hybridized carbons (Fsp3) is 0.350. The SMILES string of the molecule is CCC(=O)N1CCc2cc(C(=O)NNC(=O)c3cc4c(s3)CCC4)ccc21. The van der Waals surface area contributed by atoms with Crippen molar-refractivity contribution < 1.29 is 14.4 Å². The van der Waals surface area contributed by atoms with Crippen molar-refractivity contribution in [2.45, 2.75) is 39.0 Å². The molecule has 1 aliphatic carbocycles. The molecule has 1 aliphatic heterocycles. The third kappa shape index (κ3) is 3.35. The number of benzene rings is 1. The minimum absolute atomic E-state index is 0.0843. The predicted molar refractivity (Wildman–Crippen MR) is 104 cm³/mol. The molecule has 4 rings (SSSR count). The molecule has 3 amide bonds. The van der Waals surface area contributed by atoms with E-state index in [1.54, 1.807) is 23.1 Å². The molecule has 0 saturated carbocycles. The second-order valence-electron chi connectivity index (χ2n) is 6.81. The summed E-state index contributed by atoms with van der Waals surface area (Å²) in [6.07, 6.45) is 4.40. The monoisotopic (exact) mass is 383 g/mol. The number of anilines is 1. The molecule has 0 spiro atoms. The minimum atomic E-state index is -0.365. The summed E-state index contributed by atoms with van der Waals surface area (Å²) in [7, 11) is 0. The molecule has 6 nitrogen and oxygen atoms in total. The Morgan fingerprint density at radius 1 is 1.04 bits per heavy atom. The molecule has 2 N–H and O–H groups in total. The van der Waals surface area contributed by atoms with Gasteiger partial charge in [-0.15, -0.1) is 11.3 Å². The van der Waals surface area contributed by atoms with Gasteiger partial charge in [-0.2, -0.15) is 0 Å². The molecule has 0 saturated heterocycles. The topological polar surface area (TPSA) is 78.5 Å². The van der Waals surface area contributed by atoms with Gasteiger partial charge >= 0.3 is 0 Å². The lowest BCUT2D eigenvalue weighted by molar-refractivity contribution is -0.118. The third-order valence-corrected chi connectivity index (χ3v) is 6.34. The Bertz CT molecular complexity index is 913. The summed E-state index contributed by atoms with van der Waals surface area (Å²) in [6, 6.07) is 7.19. The maximum absolute atomic E-state index is 12.4. The minimum Gasteiger partial charge on any atom is -0.312 e. The van der Waals surface area contributed by atoms with Crippen LogP contribution in [0.4, 0.5) is 5.69 Å². The molecule has 0 fully saturated rings. The zero-order chi connectivity index (χ0) is 19.0. The van der Waals surface area contributed by atoms with Gasteiger partial charge in [-0.1, -0.05) is 6.92 Å². The van der Waals surface area contributed by atoms with Crippen LogP contribution in [-0.4, -0.2) is 24.3 Å². The summed E-state index contributed by atoms with van der Waals surface area (Å²) in [5.74, 6) is -0.569. The van der Waals surface area contributed by atoms with E-state index in [0.29, 0.717) is 23.4 Å². The van der Waals surface area contributed by atoms with Gasteiger partial charge in [-0.05, 0) is 61.1 Å². The molecule has 0 unspecified atom stereocenters. The van der Waals surface area contributed by atoms with Crippen LogP contribution >= 0.6 is 11.3 Å². The largest absolute Gasteiger partial charge is 0.312 e. The molecule has 2 heterocycles. The zero-order valence-corrected chi connectivity index (χ0v) is 15.9. The van der Waals surface area contributed by atoms with Crippen LogP contribution in [0.2, 0.25) is 0 Å². The highest BCUT2D eigenvalue weighted by Crippen LogP contribution is 2.31. The van der Waals surface area contributed by atoms with Crippen LogP contribution in [0.1, 0.15) is 55.8 Å². The van der Waals surface area contributed by atoms with Crippen molar-refractivity contribution in [2.75, 3.05) is 11.4 Å². The average molecular weight is 383 g/mol. The van der Waals surface area contributed by atoms with Crippen LogP contribution in [0, 0.1) is 0 Å². The first-order valence-electron chi connectivity index (χ1n) is 9.22. The number of carbonyl (C=O) groups excluding carboxylic acids is 3. The second kappa shape index (κ2) is 7.15. The van der Waals surface area contributed by atoms with E-state index in [1.807, 2.05) is 13.0 Å². The Labute approximate surface area is 161 Å². The average Bonchev–Trinajstić information content (AvgIpc) is 3.38. The molecule has 2 aliphatic rings. The van der Waals surface area contributed by atoms with Gasteiger partial charge in [-0.25, -0.2) is 0 Å². The lowest BCUT2D eigenvalue weighted by atomic mass is 10.1. The number of fused-ring (bicyclic) bond motifs is 2. The number of carbonyl (C=O) groups is 3. The number of amides is 3. The van der Waals surface area contributed by atoms with E-state index < -0.39 is 0 Å². The highest BCUT2D eigenvalue weighted by atomic mass is 32.1. The van der Waals surface area contributed by atoms with Gasteiger partial charge in [0.1, 0.15) is 0 Å². The number of rotatable bonds is 3. The summed E-state index contributed by atoms with van der Waals surface area (Å²) in [6.45, 7) is 2.49.